The average Bonchev–Trinajstić information content (AvgIpc) is 3.12. The van der Waals surface area contributed by atoms with E-state index in [0.717, 1.165) is 37.8 Å². The molecular formula is C15H24IN5O. The monoisotopic (exact) mass is 417 g/mol. The van der Waals surface area contributed by atoms with Gasteiger partial charge in [-0.1, -0.05) is 0 Å². The van der Waals surface area contributed by atoms with Crippen molar-refractivity contribution in [2.75, 3.05) is 13.1 Å². The summed E-state index contributed by atoms with van der Waals surface area (Å²) in [7, 11) is 0. The molecule has 2 aromatic heterocycles. The Labute approximate surface area is 148 Å². The molecule has 0 saturated carbocycles. The van der Waals surface area contributed by atoms with Gasteiger partial charge in [-0.05, 0) is 38.0 Å². The molecule has 6 nitrogen and oxygen atoms in total. The van der Waals surface area contributed by atoms with E-state index in [2.05, 4.69) is 33.8 Å². The molecule has 2 aromatic rings. The van der Waals surface area contributed by atoms with E-state index in [1.54, 1.807) is 6.26 Å². The van der Waals surface area contributed by atoms with Crippen molar-refractivity contribution in [1.82, 2.24) is 20.4 Å². The fourth-order valence-corrected chi connectivity index (χ4v) is 1.94. The molecule has 2 N–H and O–H groups in total. The Hall–Kier alpha value is -1.51. The van der Waals surface area contributed by atoms with Gasteiger partial charge in [-0.25, -0.2) is 4.99 Å². The number of aromatic nitrogens is 2. The molecule has 0 fully saturated rings. The number of rotatable bonds is 7. The molecule has 122 valence electrons. The van der Waals surface area contributed by atoms with Crippen LogP contribution in [0.1, 0.15) is 24.7 Å². The number of hydrogen-bond donors (Lipinski definition) is 2. The van der Waals surface area contributed by atoms with Crippen LogP contribution >= 0.6 is 24.0 Å². The summed E-state index contributed by atoms with van der Waals surface area (Å²) in [6.45, 7) is 7.23. The maximum Gasteiger partial charge on any atom is 0.191 e. The van der Waals surface area contributed by atoms with Crippen LogP contribution in [-0.4, -0.2) is 28.8 Å². The molecule has 0 aliphatic carbocycles. The van der Waals surface area contributed by atoms with Crippen molar-refractivity contribution in [1.29, 1.82) is 0 Å². The number of halogens is 1. The lowest BCUT2D eigenvalue weighted by molar-refractivity contribution is 0.511. The lowest BCUT2D eigenvalue weighted by Gasteiger charge is -2.10. The highest BCUT2D eigenvalue weighted by Crippen LogP contribution is 2.01. The van der Waals surface area contributed by atoms with E-state index >= 15 is 0 Å². The number of nitrogens with one attached hydrogen (secondary N) is 2. The van der Waals surface area contributed by atoms with Gasteiger partial charge in [-0.3, -0.25) is 4.68 Å². The quantitative estimate of drug-likeness (QED) is 0.315. The summed E-state index contributed by atoms with van der Waals surface area (Å²) in [5, 5.41) is 10.8. The summed E-state index contributed by atoms with van der Waals surface area (Å²) >= 11 is 0. The van der Waals surface area contributed by atoms with Gasteiger partial charge in [0.2, 0.25) is 0 Å². The molecular weight excluding hydrogens is 393 g/mol. The molecule has 2 rings (SSSR count). The summed E-state index contributed by atoms with van der Waals surface area (Å²) in [5.74, 6) is 1.67. The van der Waals surface area contributed by atoms with Gasteiger partial charge in [0, 0.05) is 25.8 Å². The smallest absolute Gasteiger partial charge is 0.191 e. The second-order valence-corrected chi connectivity index (χ2v) is 4.84. The van der Waals surface area contributed by atoms with E-state index in [9.17, 15) is 0 Å². The average molecular weight is 417 g/mol. The maximum absolute atomic E-state index is 5.27. The molecule has 0 amide bonds. The van der Waals surface area contributed by atoms with Crippen molar-refractivity contribution < 1.29 is 4.42 Å². The fraction of sp³-hybridized carbons (Fsp3) is 0.467. The zero-order chi connectivity index (χ0) is 14.9. The van der Waals surface area contributed by atoms with Gasteiger partial charge in [-0.15, -0.1) is 24.0 Å². The number of nitrogens with zero attached hydrogens (tertiary/aromatic N) is 3. The summed E-state index contributed by atoms with van der Waals surface area (Å²) in [6, 6.07) is 3.80. The van der Waals surface area contributed by atoms with E-state index in [4.69, 9.17) is 4.42 Å². The van der Waals surface area contributed by atoms with Gasteiger partial charge < -0.3 is 15.1 Å². The topological polar surface area (TPSA) is 67.4 Å². The van der Waals surface area contributed by atoms with Gasteiger partial charge in [0.15, 0.2) is 5.96 Å². The van der Waals surface area contributed by atoms with Crippen LogP contribution in [0.2, 0.25) is 0 Å². The Kier molecular flexibility index (Phi) is 8.64. The first-order chi connectivity index (χ1) is 10.3. The first-order valence-corrected chi connectivity index (χ1v) is 7.31. The van der Waals surface area contributed by atoms with Crippen LogP contribution in [0.3, 0.4) is 0 Å². The van der Waals surface area contributed by atoms with Crippen LogP contribution in [0.25, 0.3) is 0 Å². The van der Waals surface area contributed by atoms with Gasteiger partial charge in [0.1, 0.15) is 12.3 Å². The first-order valence-electron chi connectivity index (χ1n) is 7.31. The normalized spacial score (nSPS) is 11.1. The molecule has 0 bridgehead atoms. The highest BCUT2D eigenvalue weighted by atomic mass is 127. The molecule has 0 unspecified atom stereocenters. The van der Waals surface area contributed by atoms with Gasteiger partial charge >= 0.3 is 0 Å². The van der Waals surface area contributed by atoms with Crippen LogP contribution in [0.5, 0.6) is 0 Å². The summed E-state index contributed by atoms with van der Waals surface area (Å²) in [5.41, 5.74) is 1.19. The van der Waals surface area contributed by atoms with Gasteiger partial charge in [-0.2, -0.15) is 5.10 Å². The molecule has 0 aliphatic rings. The third kappa shape index (κ3) is 6.50. The van der Waals surface area contributed by atoms with Gasteiger partial charge in [0.05, 0.1) is 12.5 Å². The lowest BCUT2D eigenvalue weighted by Crippen LogP contribution is -2.38. The Bertz CT molecular complexity index is 550. The lowest BCUT2D eigenvalue weighted by atomic mass is 10.4. The van der Waals surface area contributed by atoms with E-state index in [0.29, 0.717) is 6.54 Å². The Morgan fingerprint density at radius 2 is 2.27 bits per heavy atom. The Balaban J connectivity index is 0.00000242. The molecule has 0 saturated heterocycles. The van der Waals surface area contributed by atoms with Crippen LogP contribution in [0, 0.1) is 6.92 Å². The van der Waals surface area contributed by atoms with E-state index < -0.39 is 0 Å². The fourth-order valence-electron chi connectivity index (χ4n) is 1.94. The predicted octanol–water partition coefficient (Wildman–Crippen LogP) is 2.55. The second-order valence-electron chi connectivity index (χ2n) is 4.84. The van der Waals surface area contributed by atoms with Gasteiger partial charge in [0.25, 0.3) is 0 Å². The van der Waals surface area contributed by atoms with Crippen molar-refractivity contribution in [3.8, 4) is 0 Å². The van der Waals surface area contributed by atoms with Crippen molar-refractivity contribution in [2.24, 2.45) is 4.99 Å². The maximum atomic E-state index is 5.27. The molecule has 7 heteroatoms. The molecule has 22 heavy (non-hydrogen) atoms. The van der Waals surface area contributed by atoms with E-state index in [1.807, 2.05) is 29.9 Å². The number of furan rings is 1. The molecule has 0 spiro atoms. The standard InChI is InChI=1S/C15H23N5O.HI/c1-3-16-15(18-11-14-6-4-9-21-14)17-7-5-8-20-12-13(2)10-19-20;/h4,6,9-10,12H,3,5,7-8,11H2,1-2H3,(H2,16,17,18);1H. The van der Waals surface area contributed by atoms with E-state index in [-0.39, 0.29) is 24.0 Å². The molecule has 2 heterocycles. The summed E-state index contributed by atoms with van der Waals surface area (Å²) in [4.78, 5) is 4.48. The minimum Gasteiger partial charge on any atom is -0.467 e. The Morgan fingerprint density at radius 3 is 2.91 bits per heavy atom. The van der Waals surface area contributed by atoms with Crippen LogP contribution in [0.4, 0.5) is 0 Å². The van der Waals surface area contributed by atoms with Crippen LogP contribution in [-0.2, 0) is 13.1 Å². The predicted molar refractivity (Wildman–Crippen MR) is 98.5 cm³/mol. The zero-order valence-corrected chi connectivity index (χ0v) is 15.4. The summed E-state index contributed by atoms with van der Waals surface area (Å²) < 4.78 is 7.24. The minimum absolute atomic E-state index is 0. The largest absolute Gasteiger partial charge is 0.467 e. The van der Waals surface area contributed by atoms with E-state index in [1.165, 1.54) is 5.56 Å². The van der Waals surface area contributed by atoms with Crippen molar-refractivity contribution in [3.05, 3.63) is 42.1 Å². The molecule has 0 atom stereocenters. The van der Waals surface area contributed by atoms with Crippen LogP contribution in [0.15, 0.2) is 40.2 Å². The third-order valence-electron chi connectivity index (χ3n) is 2.94. The number of hydrogen-bond acceptors (Lipinski definition) is 3. The number of guanidine groups is 1. The molecule has 0 aromatic carbocycles. The molecule has 0 radical (unpaired) electrons. The highest BCUT2D eigenvalue weighted by molar-refractivity contribution is 14.0. The molecule has 0 aliphatic heterocycles. The highest BCUT2D eigenvalue weighted by Gasteiger charge is 1.99. The summed E-state index contributed by atoms with van der Waals surface area (Å²) in [6.07, 6.45) is 6.59. The van der Waals surface area contributed by atoms with Crippen molar-refractivity contribution in [3.63, 3.8) is 0 Å². The first kappa shape index (κ1) is 18.5. The van der Waals surface area contributed by atoms with Crippen molar-refractivity contribution in [2.45, 2.75) is 33.4 Å². The van der Waals surface area contributed by atoms with Crippen molar-refractivity contribution >= 4 is 29.9 Å². The Morgan fingerprint density at radius 1 is 1.41 bits per heavy atom. The third-order valence-corrected chi connectivity index (χ3v) is 2.94. The number of aryl methyl sites for hydroxylation is 2. The SMILES string of the molecule is CCNC(=NCc1ccco1)NCCCn1cc(C)cn1.I. The van der Waals surface area contributed by atoms with Crippen LogP contribution < -0.4 is 10.6 Å². The zero-order valence-electron chi connectivity index (χ0n) is 13.1. The minimum atomic E-state index is 0. The second kappa shape index (κ2) is 10.3. The number of aliphatic imine (C=N–C) groups is 1.